The van der Waals surface area contributed by atoms with E-state index in [1.807, 2.05) is 26.2 Å². The van der Waals surface area contributed by atoms with Crippen LogP contribution < -0.4 is 10.6 Å². The van der Waals surface area contributed by atoms with E-state index >= 15 is 0 Å². The van der Waals surface area contributed by atoms with Crippen molar-refractivity contribution in [1.82, 2.24) is 20.2 Å². The molecule has 1 aromatic carbocycles. The Morgan fingerprint density at radius 2 is 1.96 bits per heavy atom. The van der Waals surface area contributed by atoms with Crippen LogP contribution in [0.3, 0.4) is 0 Å². The predicted molar refractivity (Wildman–Crippen MR) is 96.7 cm³/mol. The van der Waals surface area contributed by atoms with Crippen LogP contribution in [-0.4, -0.2) is 48.0 Å². The molecular formula is C18H25N5O. The molecule has 6 heteroatoms. The fraction of sp³-hybridized carbons (Fsp3) is 0.389. The van der Waals surface area contributed by atoms with E-state index in [9.17, 15) is 4.79 Å². The van der Waals surface area contributed by atoms with E-state index < -0.39 is 0 Å². The molecule has 0 aliphatic rings. The maximum absolute atomic E-state index is 12.0. The van der Waals surface area contributed by atoms with Gasteiger partial charge < -0.3 is 15.5 Å². The number of hydrogen-bond donors (Lipinski definition) is 2. The molecule has 2 aromatic rings. The first-order valence-corrected chi connectivity index (χ1v) is 8.05. The van der Waals surface area contributed by atoms with E-state index in [2.05, 4.69) is 45.4 Å². The Morgan fingerprint density at radius 3 is 2.62 bits per heavy atom. The number of anilines is 2. The van der Waals surface area contributed by atoms with Crippen LogP contribution in [0.2, 0.25) is 0 Å². The van der Waals surface area contributed by atoms with Gasteiger partial charge >= 0.3 is 0 Å². The Kier molecular flexibility index (Phi) is 6.26. The number of carbonyl (C=O) groups is 1. The minimum absolute atomic E-state index is 0.195. The van der Waals surface area contributed by atoms with Gasteiger partial charge in [0.15, 0.2) is 0 Å². The van der Waals surface area contributed by atoms with Crippen LogP contribution in [0.4, 0.5) is 11.5 Å². The molecule has 0 fully saturated rings. The molecule has 0 unspecified atom stereocenters. The molecule has 128 valence electrons. The second-order valence-corrected chi connectivity index (χ2v) is 6.07. The van der Waals surface area contributed by atoms with Crippen molar-refractivity contribution in [3.05, 3.63) is 47.4 Å². The second kappa shape index (κ2) is 8.40. The maximum Gasteiger partial charge on any atom is 0.271 e. The third-order valence-electron chi connectivity index (χ3n) is 3.82. The SMILES string of the molecule is Cc1cccc(Nc2cnc(C(=O)NCCCN(C)C)cn2)c1C. The summed E-state index contributed by atoms with van der Waals surface area (Å²) < 4.78 is 0. The van der Waals surface area contributed by atoms with E-state index in [-0.39, 0.29) is 5.91 Å². The fourth-order valence-electron chi connectivity index (χ4n) is 2.22. The highest BCUT2D eigenvalue weighted by atomic mass is 16.1. The molecule has 24 heavy (non-hydrogen) atoms. The Hall–Kier alpha value is -2.47. The summed E-state index contributed by atoms with van der Waals surface area (Å²) in [6.45, 7) is 5.68. The second-order valence-electron chi connectivity index (χ2n) is 6.07. The summed E-state index contributed by atoms with van der Waals surface area (Å²) in [5.74, 6) is 0.424. The van der Waals surface area contributed by atoms with E-state index in [1.54, 1.807) is 6.20 Å². The van der Waals surface area contributed by atoms with Gasteiger partial charge in [-0.2, -0.15) is 0 Å². The normalized spacial score (nSPS) is 10.7. The zero-order valence-electron chi connectivity index (χ0n) is 14.8. The molecule has 0 bridgehead atoms. The third kappa shape index (κ3) is 5.03. The minimum atomic E-state index is -0.195. The van der Waals surface area contributed by atoms with Crippen LogP contribution in [-0.2, 0) is 0 Å². The van der Waals surface area contributed by atoms with Gasteiger partial charge in [0.25, 0.3) is 5.91 Å². The molecule has 1 aromatic heterocycles. The molecule has 0 aliphatic heterocycles. The van der Waals surface area contributed by atoms with Crippen LogP contribution >= 0.6 is 0 Å². The molecule has 1 heterocycles. The van der Waals surface area contributed by atoms with E-state index in [0.717, 1.165) is 18.7 Å². The first-order chi connectivity index (χ1) is 11.5. The Morgan fingerprint density at radius 1 is 1.17 bits per heavy atom. The monoisotopic (exact) mass is 327 g/mol. The number of nitrogens with one attached hydrogen (secondary N) is 2. The van der Waals surface area contributed by atoms with Crippen molar-refractivity contribution >= 4 is 17.4 Å². The summed E-state index contributed by atoms with van der Waals surface area (Å²) >= 11 is 0. The number of amides is 1. The van der Waals surface area contributed by atoms with Gasteiger partial charge in [0.1, 0.15) is 11.5 Å². The molecule has 0 saturated heterocycles. The number of hydrogen-bond acceptors (Lipinski definition) is 5. The molecule has 0 spiro atoms. The lowest BCUT2D eigenvalue weighted by molar-refractivity contribution is 0.0947. The third-order valence-corrected chi connectivity index (χ3v) is 3.82. The smallest absolute Gasteiger partial charge is 0.271 e. The summed E-state index contributed by atoms with van der Waals surface area (Å²) in [5.41, 5.74) is 3.69. The van der Waals surface area contributed by atoms with E-state index in [0.29, 0.717) is 18.1 Å². The fourth-order valence-corrected chi connectivity index (χ4v) is 2.22. The van der Waals surface area contributed by atoms with Gasteiger partial charge in [-0.05, 0) is 58.1 Å². The summed E-state index contributed by atoms with van der Waals surface area (Å²) in [7, 11) is 4.02. The maximum atomic E-state index is 12.0. The lowest BCUT2D eigenvalue weighted by Crippen LogP contribution is -2.27. The number of benzene rings is 1. The average Bonchev–Trinajstić information content (AvgIpc) is 2.56. The van der Waals surface area contributed by atoms with Gasteiger partial charge in [-0.15, -0.1) is 0 Å². The van der Waals surface area contributed by atoms with Crippen LogP contribution in [0.5, 0.6) is 0 Å². The van der Waals surface area contributed by atoms with Crippen molar-refractivity contribution in [2.75, 3.05) is 32.5 Å². The topological polar surface area (TPSA) is 70.2 Å². The van der Waals surface area contributed by atoms with Gasteiger partial charge in [0.05, 0.1) is 12.4 Å². The zero-order valence-corrected chi connectivity index (χ0v) is 14.8. The van der Waals surface area contributed by atoms with Crippen molar-refractivity contribution in [3.63, 3.8) is 0 Å². The quantitative estimate of drug-likeness (QED) is 0.765. The largest absolute Gasteiger partial charge is 0.351 e. The molecular weight excluding hydrogens is 302 g/mol. The first-order valence-electron chi connectivity index (χ1n) is 8.05. The molecule has 0 aliphatic carbocycles. The Bertz CT molecular complexity index is 682. The van der Waals surface area contributed by atoms with Crippen LogP contribution in [0.25, 0.3) is 0 Å². The van der Waals surface area contributed by atoms with Crippen LogP contribution in [0.1, 0.15) is 28.0 Å². The highest BCUT2D eigenvalue weighted by Gasteiger charge is 2.08. The van der Waals surface area contributed by atoms with Gasteiger partial charge in [-0.3, -0.25) is 4.79 Å². The summed E-state index contributed by atoms with van der Waals surface area (Å²) in [6.07, 6.45) is 3.98. The molecule has 2 N–H and O–H groups in total. The zero-order chi connectivity index (χ0) is 17.5. The number of aromatic nitrogens is 2. The van der Waals surface area contributed by atoms with Crippen LogP contribution in [0, 0.1) is 13.8 Å². The summed E-state index contributed by atoms with van der Waals surface area (Å²) in [4.78, 5) is 22.6. The first kappa shape index (κ1) is 17.9. The van der Waals surface area contributed by atoms with E-state index in [4.69, 9.17) is 0 Å². The predicted octanol–water partition coefficient (Wildman–Crippen LogP) is 2.52. The molecule has 0 radical (unpaired) electrons. The van der Waals surface area contributed by atoms with Crippen molar-refractivity contribution < 1.29 is 4.79 Å². The molecule has 0 saturated carbocycles. The highest BCUT2D eigenvalue weighted by Crippen LogP contribution is 2.21. The standard InChI is InChI=1S/C18H25N5O/c1-13-7-5-8-15(14(13)2)22-17-12-20-16(11-21-17)18(24)19-9-6-10-23(3)4/h5,7-8,11-12H,6,9-10H2,1-4H3,(H,19,24)(H,21,22). The number of aryl methyl sites for hydroxylation is 1. The van der Waals surface area contributed by atoms with Crippen molar-refractivity contribution in [2.24, 2.45) is 0 Å². The molecule has 1 amide bonds. The van der Waals surface area contributed by atoms with Gasteiger partial charge in [0, 0.05) is 12.2 Å². The minimum Gasteiger partial charge on any atom is -0.351 e. The lowest BCUT2D eigenvalue weighted by atomic mass is 10.1. The highest BCUT2D eigenvalue weighted by molar-refractivity contribution is 5.92. The van der Waals surface area contributed by atoms with Gasteiger partial charge in [-0.25, -0.2) is 9.97 Å². The molecule has 2 rings (SSSR count). The number of carbonyl (C=O) groups excluding carboxylic acids is 1. The summed E-state index contributed by atoms with van der Waals surface area (Å²) in [6, 6.07) is 6.05. The van der Waals surface area contributed by atoms with Crippen molar-refractivity contribution in [1.29, 1.82) is 0 Å². The Balaban J connectivity index is 1.93. The average molecular weight is 327 g/mol. The van der Waals surface area contributed by atoms with Crippen LogP contribution in [0.15, 0.2) is 30.6 Å². The van der Waals surface area contributed by atoms with Crippen molar-refractivity contribution in [3.8, 4) is 0 Å². The summed E-state index contributed by atoms with van der Waals surface area (Å²) in [5, 5.41) is 6.08. The van der Waals surface area contributed by atoms with Gasteiger partial charge in [-0.1, -0.05) is 12.1 Å². The molecule has 0 atom stereocenters. The number of rotatable bonds is 7. The van der Waals surface area contributed by atoms with Crippen molar-refractivity contribution in [2.45, 2.75) is 20.3 Å². The van der Waals surface area contributed by atoms with Gasteiger partial charge in [0.2, 0.25) is 0 Å². The molecule has 6 nitrogen and oxygen atoms in total. The Labute approximate surface area is 143 Å². The lowest BCUT2D eigenvalue weighted by Gasteiger charge is -2.11. The number of nitrogens with zero attached hydrogens (tertiary/aromatic N) is 3. The van der Waals surface area contributed by atoms with E-state index in [1.165, 1.54) is 17.3 Å².